The summed E-state index contributed by atoms with van der Waals surface area (Å²) < 4.78 is 42.5. The number of alkyl halides is 3. The van der Waals surface area contributed by atoms with Crippen molar-refractivity contribution in [2.45, 2.75) is 38.0 Å². The van der Waals surface area contributed by atoms with Gasteiger partial charge in [-0.05, 0) is 45.8 Å². The predicted octanol–water partition coefficient (Wildman–Crippen LogP) is 1.72. The van der Waals surface area contributed by atoms with Gasteiger partial charge in [0.05, 0.1) is 0 Å². The summed E-state index contributed by atoms with van der Waals surface area (Å²) in [7, 11) is 2.03. The quantitative estimate of drug-likeness (QED) is 0.919. The maximum atomic E-state index is 12.6. The van der Waals surface area contributed by atoms with E-state index in [0.29, 0.717) is 19.3 Å². The Hall–Kier alpha value is -1.15. The maximum Gasteiger partial charge on any atom is 0.426 e. The highest BCUT2D eigenvalue weighted by atomic mass is 19.4. The molecule has 0 radical (unpaired) electrons. The number of aliphatic hydroxyl groups is 1. The van der Waals surface area contributed by atoms with Gasteiger partial charge in [-0.15, -0.1) is 0 Å². The lowest BCUT2D eigenvalue weighted by molar-refractivity contribution is -0.267. The summed E-state index contributed by atoms with van der Waals surface area (Å²) in [5, 5.41) is 13.0. The SMILES string of the molecule is CN1CCC(Cc2noc(C(C)(O)C(F)(F)F)n2)CC1. The van der Waals surface area contributed by atoms with Crippen LogP contribution in [-0.4, -0.2) is 46.5 Å². The molecule has 2 heterocycles. The van der Waals surface area contributed by atoms with Crippen LogP contribution < -0.4 is 0 Å². The Morgan fingerprint density at radius 3 is 2.50 bits per heavy atom. The van der Waals surface area contributed by atoms with E-state index in [2.05, 4.69) is 19.6 Å². The van der Waals surface area contributed by atoms with E-state index in [0.717, 1.165) is 25.9 Å². The van der Waals surface area contributed by atoms with Crippen LogP contribution >= 0.6 is 0 Å². The lowest BCUT2D eigenvalue weighted by atomic mass is 9.93. The Bertz CT molecular complexity index is 451. The average molecular weight is 293 g/mol. The van der Waals surface area contributed by atoms with E-state index in [1.54, 1.807) is 0 Å². The van der Waals surface area contributed by atoms with Crippen molar-refractivity contribution in [2.75, 3.05) is 20.1 Å². The molecule has 5 nitrogen and oxygen atoms in total. The Labute approximate surface area is 114 Å². The zero-order valence-corrected chi connectivity index (χ0v) is 11.4. The molecule has 1 fully saturated rings. The van der Waals surface area contributed by atoms with Gasteiger partial charge in [0.15, 0.2) is 5.82 Å². The summed E-state index contributed by atoms with van der Waals surface area (Å²) >= 11 is 0. The molecule has 1 aliphatic rings. The second-order valence-corrected chi connectivity index (χ2v) is 5.54. The summed E-state index contributed by atoms with van der Waals surface area (Å²) in [4.78, 5) is 5.90. The molecule has 1 aromatic rings. The van der Waals surface area contributed by atoms with Gasteiger partial charge >= 0.3 is 6.18 Å². The third kappa shape index (κ3) is 3.12. The molecule has 114 valence electrons. The van der Waals surface area contributed by atoms with E-state index >= 15 is 0 Å². The standard InChI is InChI=1S/C12H18F3N3O2/c1-11(19,12(13,14)15)10-16-9(17-20-10)7-8-3-5-18(2)6-4-8/h8,19H,3-7H2,1-2H3. The van der Waals surface area contributed by atoms with Crippen molar-refractivity contribution < 1.29 is 22.8 Å². The van der Waals surface area contributed by atoms with Crippen molar-refractivity contribution in [3.8, 4) is 0 Å². The number of aromatic nitrogens is 2. The molecule has 1 N–H and O–H groups in total. The first-order valence-corrected chi connectivity index (χ1v) is 6.51. The smallest absolute Gasteiger partial charge is 0.373 e. The van der Waals surface area contributed by atoms with Crippen LogP contribution in [0.5, 0.6) is 0 Å². The first kappa shape index (κ1) is 15.2. The lowest BCUT2D eigenvalue weighted by Gasteiger charge is -2.28. The summed E-state index contributed by atoms with van der Waals surface area (Å²) in [5.41, 5.74) is -3.11. The fraction of sp³-hybridized carbons (Fsp3) is 0.833. The summed E-state index contributed by atoms with van der Waals surface area (Å²) in [5.74, 6) is -0.237. The van der Waals surface area contributed by atoms with E-state index in [-0.39, 0.29) is 5.82 Å². The molecule has 0 aromatic carbocycles. The minimum Gasteiger partial charge on any atom is -0.373 e. The summed E-state index contributed by atoms with van der Waals surface area (Å²) in [6.07, 6.45) is -2.46. The molecular weight excluding hydrogens is 275 g/mol. The summed E-state index contributed by atoms with van der Waals surface area (Å²) in [6, 6.07) is 0. The van der Waals surface area contributed by atoms with Crippen LogP contribution in [0, 0.1) is 5.92 Å². The normalized spacial score (nSPS) is 21.9. The third-order valence-electron chi connectivity index (χ3n) is 3.75. The topological polar surface area (TPSA) is 62.4 Å². The molecule has 2 rings (SSSR count). The van der Waals surface area contributed by atoms with Crippen LogP contribution in [0.4, 0.5) is 13.2 Å². The number of hydrogen-bond acceptors (Lipinski definition) is 5. The van der Waals surface area contributed by atoms with Gasteiger partial charge in [0.25, 0.3) is 5.89 Å². The van der Waals surface area contributed by atoms with E-state index in [1.807, 2.05) is 7.05 Å². The molecule has 1 aliphatic heterocycles. The molecule has 0 amide bonds. The van der Waals surface area contributed by atoms with Crippen LogP contribution in [-0.2, 0) is 12.0 Å². The van der Waals surface area contributed by atoms with Crippen molar-refractivity contribution in [3.05, 3.63) is 11.7 Å². The van der Waals surface area contributed by atoms with Crippen molar-refractivity contribution in [1.29, 1.82) is 0 Å². The van der Waals surface area contributed by atoms with Gasteiger partial charge in [-0.2, -0.15) is 18.2 Å². The van der Waals surface area contributed by atoms with Crippen molar-refractivity contribution in [3.63, 3.8) is 0 Å². The van der Waals surface area contributed by atoms with Crippen LogP contribution in [0.2, 0.25) is 0 Å². The van der Waals surface area contributed by atoms with Gasteiger partial charge in [0.2, 0.25) is 5.60 Å². The summed E-state index contributed by atoms with van der Waals surface area (Å²) in [6.45, 7) is 2.52. The minimum atomic E-state index is -4.84. The molecule has 20 heavy (non-hydrogen) atoms. The highest BCUT2D eigenvalue weighted by Gasteiger charge is 2.55. The predicted molar refractivity (Wildman–Crippen MR) is 63.8 cm³/mol. The van der Waals surface area contributed by atoms with E-state index in [9.17, 15) is 18.3 Å². The number of piperidine rings is 1. The van der Waals surface area contributed by atoms with E-state index in [4.69, 9.17) is 0 Å². The molecular formula is C12H18F3N3O2. The number of halogens is 3. The molecule has 1 saturated heterocycles. The molecule has 0 saturated carbocycles. The van der Waals surface area contributed by atoms with Crippen LogP contribution in [0.15, 0.2) is 4.52 Å². The molecule has 1 unspecified atom stereocenters. The third-order valence-corrected chi connectivity index (χ3v) is 3.75. The lowest BCUT2D eigenvalue weighted by Crippen LogP contribution is -2.39. The van der Waals surface area contributed by atoms with Crippen LogP contribution in [0.1, 0.15) is 31.5 Å². The van der Waals surface area contributed by atoms with Gasteiger partial charge in [0.1, 0.15) is 0 Å². The second-order valence-electron chi connectivity index (χ2n) is 5.54. The average Bonchev–Trinajstić information content (AvgIpc) is 2.80. The van der Waals surface area contributed by atoms with Crippen LogP contribution in [0.3, 0.4) is 0 Å². The molecule has 0 aliphatic carbocycles. The second kappa shape index (κ2) is 5.33. The molecule has 8 heteroatoms. The Kier molecular flexibility index (Phi) is 4.06. The van der Waals surface area contributed by atoms with Gasteiger partial charge < -0.3 is 14.5 Å². The number of likely N-dealkylation sites (tertiary alicyclic amines) is 1. The number of nitrogens with zero attached hydrogens (tertiary/aromatic N) is 3. The Balaban J connectivity index is 2.02. The van der Waals surface area contributed by atoms with Crippen molar-refractivity contribution in [2.24, 2.45) is 5.92 Å². The van der Waals surface area contributed by atoms with Gasteiger partial charge in [0, 0.05) is 6.42 Å². The fourth-order valence-corrected chi connectivity index (χ4v) is 2.18. The largest absolute Gasteiger partial charge is 0.426 e. The first-order chi connectivity index (χ1) is 9.20. The van der Waals surface area contributed by atoms with Crippen LogP contribution in [0.25, 0.3) is 0 Å². The zero-order valence-electron chi connectivity index (χ0n) is 11.4. The zero-order chi connectivity index (χ0) is 15.0. The van der Waals surface area contributed by atoms with E-state index in [1.165, 1.54) is 0 Å². The highest BCUT2D eigenvalue weighted by Crippen LogP contribution is 2.37. The van der Waals surface area contributed by atoms with Gasteiger partial charge in [-0.25, -0.2) is 0 Å². The highest BCUT2D eigenvalue weighted by molar-refractivity contribution is 5.01. The minimum absolute atomic E-state index is 0.221. The maximum absolute atomic E-state index is 12.6. The Morgan fingerprint density at radius 2 is 1.95 bits per heavy atom. The first-order valence-electron chi connectivity index (χ1n) is 6.51. The van der Waals surface area contributed by atoms with Gasteiger partial charge in [-0.1, -0.05) is 5.16 Å². The number of hydrogen-bond donors (Lipinski definition) is 1. The van der Waals surface area contributed by atoms with E-state index < -0.39 is 17.7 Å². The van der Waals surface area contributed by atoms with Gasteiger partial charge in [-0.3, -0.25) is 0 Å². The van der Waals surface area contributed by atoms with Crippen molar-refractivity contribution in [1.82, 2.24) is 15.0 Å². The fourth-order valence-electron chi connectivity index (χ4n) is 2.18. The molecule has 0 spiro atoms. The number of rotatable bonds is 3. The Morgan fingerprint density at radius 1 is 1.35 bits per heavy atom. The molecule has 1 aromatic heterocycles. The molecule has 1 atom stereocenters. The molecule has 0 bridgehead atoms. The monoisotopic (exact) mass is 293 g/mol. The van der Waals surface area contributed by atoms with Crippen molar-refractivity contribution >= 4 is 0 Å².